The van der Waals surface area contributed by atoms with E-state index in [4.69, 9.17) is 0 Å². The van der Waals surface area contributed by atoms with Gasteiger partial charge in [0.2, 0.25) is 0 Å². The number of nitrogens with zero attached hydrogens (tertiary/aromatic N) is 4. The molecule has 0 aromatic carbocycles. The third-order valence-corrected chi connectivity index (χ3v) is 4.73. The van der Waals surface area contributed by atoms with E-state index in [-0.39, 0.29) is 5.91 Å². The van der Waals surface area contributed by atoms with Crippen molar-refractivity contribution in [1.29, 1.82) is 0 Å². The van der Waals surface area contributed by atoms with E-state index in [1.807, 2.05) is 30.4 Å². The number of carbonyl (C=O) groups is 1. The van der Waals surface area contributed by atoms with Gasteiger partial charge in [-0.25, -0.2) is 0 Å². The summed E-state index contributed by atoms with van der Waals surface area (Å²) in [6.45, 7) is 5.94. The summed E-state index contributed by atoms with van der Waals surface area (Å²) in [5, 5.41) is 4.49. The largest absolute Gasteiger partial charge is 0.337 e. The second-order valence-electron chi connectivity index (χ2n) is 7.09. The Bertz CT molecular complexity index is 685. The lowest BCUT2D eigenvalue weighted by atomic mass is 9.90. The van der Waals surface area contributed by atoms with Crippen LogP contribution in [-0.4, -0.2) is 38.7 Å². The van der Waals surface area contributed by atoms with Gasteiger partial charge in [0, 0.05) is 32.5 Å². The Kier molecular flexibility index (Phi) is 4.97. The molecule has 1 amide bonds. The summed E-state index contributed by atoms with van der Waals surface area (Å²) >= 11 is 0. The minimum absolute atomic E-state index is 0.105. The van der Waals surface area contributed by atoms with Gasteiger partial charge in [0.15, 0.2) is 0 Å². The molecular weight excluding hydrogens is 300 g/mol. The Labute approximate surface area is 143 Å². The minimum Gasteiger partial charge on any atom is -0.337 e. The Hall–Kier alpha value is -2.17. The Balaban J connectivity index is 1.64. The number of piperidine rings is 1. The van der Waals surface area contributed by atoms with Crippen LogP contribution in [0, 0.1) is 5.92 Å². The highest BCUT2D eigenvalue weighted by atomic mass is 16.2. The Morgan fingerprint density at radius 2 is 1.92 bits per heavy atom. The third-order valence-electron chi connectivity index (χ3n) is 4.73. The molecule has 0 atom stereocenters. The second-order valence-corrected chi connectivity index (χ2v) is 7.09. The first-order valence-corrected chi connectivity index (χ1v) is 8.76. The van der Waals surface area contributed by atoms with Crippen LogP contribution in [0.2, 0.25) is 0 Å². The molecule has 3 heterocycles. The summed E-state index contributed by atoms with van der Waals surface area (Å²) in [5.41, 5.74) is 3.03. The van der Waals surface area contributed by atoms with Gasteiger partial charge in [-0.15, -0.1) is 0 Å². The van der Waals surface area contributed by atoms with Crippen LogP contribution in [0.25, 0.3) is 0 Å². The normalized spacial score (nSPS) is 15.9. The summed E-state index contributed by atoms with van der Waals surface area (Å²) in [6, 6.07) is 6.13. The fourth-order valence-corrected chi connectivity index (χ4v) is 3.46. The number of hydrogen-bond donors (Lipinski definition) is 0. The highest BCUT2D eigenvalue weighted by molar-refractivity contribution is 5.92. The summed E-state index contributed by atoms with van der Waals surface area (Å²) < 4.78 is 1.73. The molecular formula is C19H26N4O. The Morgan fingerprint density at radius 1 is 1.25 bits per heavy atom. The van der Waals surface area contributed by atoms with E-state index < -0.39 is 0 Å². The molecule has 0 unspecified atom stereocenters. The van der Waals surface area contributed by atoms with Crippen molar-refractivity contribution in [1.82, 2.24) is 19.7 Å². The average molecular weight is 326 g/mol. The van der Waals surface area contributed by atoms with Crippen LogP contribution in [0.15, 0.2) is 30.6 Å². The van der Waals surface area contributed by atoms with Gasteiger partial charge >= 0.3 is 0 Å². The Morgan fingerprint density at radius 3 is 2.54 bits per heavy atom. The van der Waals surface area contributed by atoms with Crippen LogP contribution in [0.4, 0.5) is 0 Å². The molecule has 0 bridgehead atoms. The number of pyridine rings is 1. The van der Waals surface area contributed by atoms with Gasteiger partial charge in [-0.2, -0.15) is 5.10 Å². The SMILES string of the molecule is CC(C)Cc1cc(C(=O)N2CCC(c3ccncc3)CC2)n(C)n1. The standard InChI is InChI=1S/C19H26N4O/c1-14(2)12-17-13-18(22(3)21-17)19(24)23-10-6-16(7-11-23)15-4-8-20-9-5-15/h4-5,8-9,13-14,16H,6-7,10-12H2,1-3H3. The van der Waals surface area contributed by atoms with Crippen LogP contribution in [-0.2, 0) is 13.5 Å². The van der Waals surface area contributed by atoms with Gasteiger partial charge in [0.1, 0.15) is 5.69 Å². The van der Waals surface area contributed by atoms with Crippen molar-refractivity contribution in [3.63, 3.8) is 0 Å². The summed E-state index contributed by atoms with van der Waals surface area (Å²) in [7, 11) is 1.86. The van der Waals surface area contributed by atoms with Crippen molar-refractivity contribution in [3.8, 4) is 0 Å². The first kappa shape index (κ1) is 16.7. The van der Waals surface area contributed by atoms with E-state index in [0.717, 1.165) is 38.0 Å². The fraction of sp³-hybridized carbons (Fsp3) is 0.526. The number of likely N-dealkylation sites (tertiary alicyclic amines) is 1. The average Bonchev–Trinajstić information content (AvgIpc) is 2.94. The molecule has 128 valence electrons. The summed E-state index contributed by atoms with van der Waals surface area (Å²) in [5.74, 6) is 1.17. The maximum atomic E-state index is 12.8. The molecule has 2 aromatic rings. The number of aryl methyl sites for hydroxylation is 1. The fourth-order valence-electron chi connectivity index (χ4n) is 3.46. The maximum Gasteiger partial charge on any atom is 0.272 e. The van der Waals surface area contributed by atoms with Crippen LogP contribution < -0.4 is 0 Å². The molecule has 2 aromatic heterocycles. The van der Waals surface area contributed by atoms with Gasteiger partial charge in [0.25, 0.3) is 5.91 Å². The third kappa shape index (κ3) is 3.66. The van der Waals surface area contributed by atoms with E-state index in [0.29, 0.717) is 17.5 Å². The van der Waals surface area contributed by atoms with Gasteiger partial charge < -0.3 is 4.90 Å². The zero-order chi connectivity index (χ0) is 17.1. The topological polar surface area (TPSA) is 51.0 Å². The lowest BCUT2D eigenvalue weighted by molar-refractivity contribution is 0.0702. The number of aromatic nitrogens is 3. The van der Waals surface area contributed by atoms with Crippen LogP contribution >= 0.6 is 0 Å². The zero-order valence-corrected chi connectivity index (χ0v) is 14.8. The van der Waals surface area contributed by atoms with Crippen molar-refractivity contribution < 1.29 is 4.79 Å². The van der Waals surface area contributed by atoms with Crippen molar-refractivity contribution in [2.75, 3.05) is 13.1 Å². The van der Waals surface area contributed by atoms with E-state index in [1.165, 1.54) is 5.56 Å². The molecule has 0 spiro atoms. The predicted molar refractivity (Wildman–Crippen MR) is 93.9 cm³/mol. The van der Waals surface area contributed by atoms with E-state index in [9.17, 15) is 4.79 Å². The maximum absolute atomic E-state index is 12.8. The summed E-state index contributed by atoms with van der Waals surface area (Å²) in [4.78, 5) is 18.9. The van der Waals surface area contributed by atoms with E-state index >= 15 is 0 Å². The lowest BCUT2D eigenvalue weighted by Gasteiger charge is -2.32. The molecule has 24 heavy (non-hydrogen) atoms. The number of amides is 1. The van der Waals surface area contributed by atoms with Gasteiger partial charge in [-0.05, 0) is 54.9 Å². The molecule has 1 aliphatic rings. The van der Waals surface area contributed by atoms with E-state index in [1.54, 1.807) is 4.68 Å². The lowest BCUT2D eigenvalue weighted by Crippen LogP contribution is -2.38. The number of rotatable bonds is 4. The zero-order valence-electron chi connectivity index (χ0n) is 14.8. The molecule has 1 aliphatic heterocycles. The highest BCUT2D eigenvalue weighted by Crippen LogP contribution is 2.28. The van der Waals surface area contributed by atoms with Crippen LogP contribution in [0.3, 0.4) is 0 Å². The monoisotopic (exact) mass is 326 g/mol. The second kappa shape index (κ2) is 7.16. The van der Waals surface area contributed by atoms with Crippen LogP contribution in [0.1, 0.15) is 54.4 Å². The quantitative estimate of drug-likeness (QED) is 0.868. The molecule has 0 saturated carbocycles. The van der Waals surface area contributed by atoms with Crippen molar-refractivity contribution in [2.24, 2.45) is 13.0 Å². The molecule has 3 rings (SSSR count). The number of carbonyl (C=O) groups excluding carboxylic acids is 1. The van der Waals surface area contributed by atoms with Gasteiger partial charge in [-0.1, -0.05) is 13.8 Å². The minimum atomic E-state index is 0.105. The van der Waals surface area contributed by atoms with Crippen molar-refractivity contribution in [3.05, 3.63) is 47.5 Å². The van der Waals surface area contributed by atoms with Gasteiger partial charge in [-0.3, -0.25) is 14.5 Å². The highest BCUT2D eigenvalue weighted by Gasteiger charge is 2.26. The molecule has 5 heteroatoms. The van der Waals surface area contributed by atoms with Gasteiger partial charge in [0.05, 0.1) is 5.69 Å². The molecule has 1 fully saturated rings. The molecule has 0 N–H and O–H groups in total. The molecule has 0 aliphatic carbocycles. The first-order chi connectivity index (χ1) is 11.5. The van der Waals surface area contributed by atoms with Crippen LogP contribution in [0.5, 0.6) is 0 Å². The van der Waals surface area contributed by atoms with Crippen molar-refractivity contribution in [2.45, 2.75) is 39.0 Å². The molecule has 1 saturated heterocycles. The molecule has 5 nitrogen and oxygen atoms in total. The summed E-state index contributed by atoms with van der Waals surface area (Å²) in [6.07, 6.45) is 6.61. The number of hydrogen-bond acceptors (Lipinski definition) is 3. The predicted octanol–water partition coefficient (Wildman–Crippen LogP) is 3.03. The molecule has 0 radical (unpaired) electrons. The first-order valence-electron chi connectivity index (χ1n) is 8.76. The smallest absolute Gasteiger partial charge is 0.272 e. The van der Waals surface area contributed by atoms with E-state index in [2.05, 4.69) is 36.1 Å². The van der Waals surface area contributed by atoms with Crippen molar-refractivity contribution >= 4 is 5.91 Å².